The maximum Gasteiger partial charge on any atom is 0.323 e. The first-order chi connectivity index (χ1) is 9.58. The van der Waals surface area contributed by atoms with Crippen molar-refractivity contribution in [3.05, 3.63) is 41.7 Å². The lowest BCUT2D eigenvalue weighted by Crippen LogP contribution is -2.07. The predicted octanol–water partition coefficient (Wildman–Crippen LogP) is 2.41. The largest absolute Gasteiger partial charge is 0.422 e. The summed E-state index contributed by atoms with van der Waals surface area (Å²) in [7, 11) is 0. The molecule has 6 nitrogen and oxygen atoms in total. The number of carbonyl (C=O) groups excluding carboxylic acids is 1. The second-order valence-corrected chi connectivity index (χ2v) is 4.07. The van der Waals surface area contributed by atoms with E-state index in [2.05, 4.69) is 15.3 Å². The van der Waals surface area contributed by atoms with E-state index < -0.39 is 0 Å². The number of aromatic nitrogens is 2. The number of aryl methyl sites for hydroxylation is 1. The summed E-state index contributed by atoms with van der Waals surface area (Å²) in [5, 5.41) is 11.5. The molecule has 0 bridgehead atoms. The number of hydrogen-bond acceptors (Lipinski definition) is 5. The van der Waals surface area contributed by atoms with Gasteiger partial charge >= 0.3 is 6.01 Å². The van der Waals surface area contributed by atoms with E-state index in [1.807, 2.05) is 6.07 Å². The summed E-state index contributed by atoms with van der Waals surface area (Å²) in [6.07, 6.45) is 0. The van der Waals surface area contributed by atoms with Gasteiger partial charge in [-0.3, -0.25) is 4.79 Å². The third kappa shape index (κ3) is 3.29. The number of para-hydroxylation sites is 2. The standard InChI is InChI=1S/C14H12N4O2/c1-9-7-11(8-15)18-14(16-9)20-13-6-4-3-5-12(13)17-10(2)19/h3-7H,1-2H3,(H,17,19). The van der Waals surface area contributed by atoms with Gasteiger partial charge in [-0.15, -0.1) is 0 Å². The number of hydrogen-bond donors (Lipinski definition) is 1. The molecule has 1 aromatic heterocycles. The number of ether oxygens (including phenoxy) is 1. The summed E-state index contributed by atoms with van der Waals surface area (Å²) < 4.78 is 5.55. The molecule has 0 fully saturated rings. The minimum absolute atomic E-state index is 0.0688. The van der Waals surface area contributed by atoms with Gasteiger partial charge in [0.15, 0.2) is 5.75 Å². The van der Waals surface area contributed by atoms with Crippen LogP contribution in [0.25, 0.3) is 0 Å². The van der Waals surface area contributed by atoms with Crippen molar-refractivity contribution in [1.82, 2.24) is 9.97 Å². The van der Waals surface area contributed by atoms with Crippen molar-refractivity contribution in [3.8, 4) is 17.8 Å². The first-order valence-electron chi connectivity index (χ1n) is 5.89. The van der Waals surface area contributed by atoms with Gasteiger partial charge in [-0.25, -0.2) is 4.98 Å². The van der Waals surface area contributed by atoms with Gasteiger partial charge in [0, 0.05) is 12.6 Å². The zero-order valence-electron chi connectivity index (χ0n) is 11.0. The number of benzene rings is 1. The molecule has 1 amide bonds. The molecule has 20 heavy (non-hydrogen) atoms. The molecule has 0 aliphatic carbocycles. The van der Waals surface area contributed by atoms with E-state index in [9.17, 15) is 4.79 Å². The molecule has 0 spiro atoms. The predicted molar refractivity (Wildman–Crippen MR) is 72.3 cm³/mol. The Bertz CT molecular complexity index is 692. The second kappa shape index (κ2) is 5.80. The van der Waals surface area contributed by atoms with Crippen molar-refractivity contribution in [1.29, 1.82) is 5.26 Å². The van der Waals surface area contributed by atoms with Gasteiger partial charge in [0.1, 0.15) is 11.8 Å². The maximum absolute atomic E-state index is 11.1. The van der Waals surface area contributed by atoms with E-state index in [1.165, 1.54) is 6.92 Å². The van der Waals surface area contributed by atoms with Gasteiger partial charge in [-0.1, -0.05) is 12.1 Å². The lowest BCUT2D eigenvalue weighted by molar-refractivity contribution is -0.114. The number of amides is 1. The van der Waals surface area contributed by atoms with Crippen molar-refractivity contribution in [3.63, 3.8) is 0 Å². The molecular weight excluding hydrogens is 256 g/mol. The van der Waals surface area contributed by atoms with Gasteiger partial charge in [0.25, 0.3) is 0 Å². The van der Waals surface area contributed by atoms with Crippen LogP contribution in [0.1, 0.15) is 18.3 Å². The summed E-state index contributed by atoms with van der Waals surface area (Å²) in [5.74, 6) is 0.209. The highest BCUT2D eigenvalue weighted by Crippen LogP contribution is 2.27. The van der Waals surface area contributed by atoms with Crippen LogP contribution in [0.15, 0.2) is 30.3 Å². The Balaban J connectivity index is 2.33. The van der Waals surface area contributed by atoms with Crippen LogP contribution in [-0.4, -0.2) is 15.9 Å². The molecule has 0 radical (unpaired) electrons. The number of anilines is 1. The highest BCUT2D eigenvalue weighted by molar-refractivity contribution is 5.90. The van der Waals surface area contributed by atoms with Crippen molar-refractivity contribution < 1.29 is 9.53 Å². The fourth-order valence-corrected chi connectivity index (χ4v) is 1.59. The molecule has 0 saturated heterocycles. The smallest absolute Gasteiger partial charge is 0.323 e. The molecule has 2 rings (SSSR count). The lowest BCUT2D eigenvalue weighted by atomic mass is 10.3. The summed E-state index contributed by atoms with van der Waals surface area (Å²) in [6.45, 7) is 3.16. The molecule has 0 atom stereocenters. The SMILES string of the molecule is CC(=O)Nc1ccccc1Oc1nc(C)cc(C#N)n1. The number of nitrogens with zero attached hydrogens (tertiary/aromatic N) is 3. The molecule has 0 aliphatic heterocycles. The fraction of sp³-hybridized carbons (Fsp3) is 0.143. The third-order valence-corrected chi connectivity index (χ3v) is 2.35. The highest BCUT2D eigenvalue weighted by atomic mass is 16.5. The summed E-state index contributed by atoms with van der Waals surface area (Å²) in [4.78, 5) is 19.2. The molecule has 100 valence electrons. The molecule has 2 aromatic rings. The van der Waals surface area contributed by atoms with E-state index in [0.717, 1.165) is 0 Å². The highest BCUT2D eigenvalue weighted by Gasteiger charge is 2.09. The average Bonchev–Trinajstić information content (AvgIpc) is 2.39. The lowest BCUT2D eigenvalue weighted by Gasteiger charge is -2.10. The second-order valence-electron chi connectivity index (χ2n) is 4.07. The van der Waals surface area contributed by atoms with Gasteiger partial charge < -0.3 is 10.1 Å². The van der Waals surface area contributed by atoms with E-state index in [1.54, 1.807) is 37.3 Å². The monoisotopic (exact) mass is 268 g/mol. The zero-order chi connectivity index (χ0) is 14.5. The number of nitriles is 1. The van der Waals surface area contributed by atoms with E-state index >= 15 is 0 Å². The van der Waals surface area contributed by atoms with Crippen molar-refractivity contribution in [2.24, 2.45) is 0 Å². The van der Waals surface area contributed by atoms with E-state index in [-0.39, 0.29) is 17.6 Å². The van der Waals surface area contributed by atoms with Crippen LogP contribution in [0.3, 0.4) is 0 Å². The number of carbonyl (C=O) groups is 1. The van der Waals surface area contributed by atoms with Crippen LogP contribution in [0.2, 0.25) is 0 Å². The first-order valence-corrected chi connectivity index (χ1v) is 5.89. The van der Waals surface area contributed by atoms with Gasteiger partial charge in [0.05, 0.1) is 5.69 Å². The van der Waals surface area contributed by atoms with E-state index in [4.69, 9.17) is 10.00 Å². The van der Waals surface area contributed by atoms with Crippen LogP contribution in [0.5, 0.6) is 11.8 Å². The molecule has 1 N–H and O–H groups in total. The van der Waals surface area contributed by atoms with E-state index in [0.29, 0.717) is 17.1 Å². The van der Waals surface area contributed by atoms with Crippen molar-refractivity contribution in [2.45, 2.75) is 13.8 Å². The quantitative estimate of drug-likeness (QED) is 0.923. The van der Waals surface area contributed by atoms with Gasteiger partial charge in [-0.2, -0.15) is 10.2 Å². The van der Waals surface area contributed by atoms with Crippen LogP contribution in [0, 0.1) is 18.3 Å². The topological polar surface area (TPSA) is 87.9 Å². The first kappa shape index (κ1) is 13.5. The zero-order valence-corrected chi connectivity index (χ0v) is 11.0. The molecule has 0 saturated carbocycles. The molecule has 0 aliphatic rings. The minimum Gasteiger partial charge on any atom is -0.422 e. The molecule has 1 aromatic carbocycles. The third-order valence-electron chi connectivity index (χ3n) is 2.35. The Labute approximate surface area is 116 Å². The summed E-state index contributed by atoms with van der Waals surface area (Å²) in [6, 6.07) is 10.5. The fourth-order valence-electron chi connectivity index (χ4n) is 1.59. The summed E-state index contributed by atoms with van der Waals surface area (Å²) in [5.41, 5.74) is 1.37. The van der Waals surface area contributed by atoms with Crippen molar-refractivity contribution >= 4 is 11.6 Å². The average molecular weight is 268 g/mol. The van der Waals surface area contributed by atoms with Crippen LogP contribution in [-0.2, 0) is 4.79 Å². The Kier molecular flexibility index (Phi) is 3.91. The van der Waals surface area contributed by atoms with Crippen molar-refractivity contribution in [2.75, 3.05) is 5.32 Å². The summed E-state index contributed by atoms with van der Waals surface area (Å²) >= 11 is 0. The van der Waals surface area contributed by atoms with Crippen LogP contribution in [0.4, 0.5) is 5.69 Å². The van der Waals surface area contributed by atoms with Gasteiger partial charge in [-0.05, 0) is 25.1 Å². The molecule has 6 heteroatoms. The van der Waals surface area contributed by atoms with Gasteiger partial charge in [0.2, 0.25) is 5.91 Å². The minimum atomic E-state index is -0.205. The van der Waals surface area contributed by atoms with Crippen LogP contribution < -0.4 is 10.1 Å². The Hall–Kier alpha value is -2.94. The maximum atomic E-state index is 11.1. The van der Waals surface area contributed by atoms with Crippen LogP contribution >= 0.6 is 0 Å². The molecule has 1 heterocycles. The number of rotatable bonds is 3. The Morgan fingerprint density at radius 3 is 2.80 bits per heavy atom. The Morgan fingerprint density at radius 1 is 1.35 bits per heavy atom. The Morgan fingerprint density at radius 2 is 2.10 bits per heavy atom. The molecule has 0 unspecified atom stereocenters. The molecular formula is C14H12N4O2. The number of nitrogens with one attached hydrogen (secondary N) is 1. The normalized spacial score (nSPS) is 9.65.